The van der Waals surface area contributed by atoms with Gasteiger partial charge in [0.05, 0.1) is 5.97 Å². The summed E-state index contributed by atoms with van der Waals surface area (Å²) in [4.78, 5) is 9.14. The van der Waals surface area contributed by atoms with Crippen LogP contribution in [0.15, 0.2) is 85.6 Å². The van der Waals surface area contributed by atoms with Crippen LogP contribution in [0.4, 0.5) is 0 Å². The molecule has 0 aliphatic heterocycles. The third-order valence-corrected chi connectivity index (χ3v) is 3.13. The van der Waals surface area contributed by atoms with E-state index in [9.17, 15) is 0 Å². The number of carbonyl (C=O) groups is 1. The van der Waals surface area contributed by atoms with E-state index in [4.69, 9.17) is 9.90 Å². The summed E-state index contributed by atoms with van der Waals surface area (Å²) in [5.74, 6) is -1.23. The molecule has 0 fully saturated rings. The minimum absolute atomic E-state index is 0.722. The molecule has 23 heavy (non-hydrogen) atoms. The van der Waals surface area contributed by atoms with Crippen LogP contribution in [0.1, 0.15) is 5.56 Å². The maximum absolute atomic E-state index is 9.14. The van der Waals surface area contributed by atoms with Gasteiger partial charge in [0.25, 0.3) is 0 Å². The van der Waals surface area contributed by atoms with Crippen molar-refractivity contribution in [2.75, 3.05) is 0 Å². The van der Waals surface area contributed by atoms with Crippen LogP contribution in [0.2, 0.25) is 0 Å². The third kappa shape index (κ3) is 4.93. The summed E-state index contributed by atoms with van der Waals surface area (Å²) >= 11 is 0. The summed E-state index contributed by atoms with van der Waals surface area (Å²) in [5.41, 5.74) is 2.42. The highest BCUT2D eigenvalue weighted by Gasteiger charge is 2.03. The van der Waals surface area contributed by atoms with Crippen molar-refractivity contribution >= 4 is 29.1 Å². The van der Waals surface area contributed by atoms with Gasteiger partial charge in [0.15, 0.2) is 12.4 Å². The molecule has 0 radical (unpaired) electrons. The fourth-order valence-corrected chi connectivity index (χ4v) is 2.04. The number of pyridine rings is 1. The Balaban J connectivity index is 0.000000338. The zero-order valence-electron chi connectivity index (χ0n) is 12.6. The number of rotatable bonds is 3. The third-order valence-electron chi connectivity index (χ3n) is 3.13. The highest BCUT2D eigenvalue weighted by atomic mass is 16.4. The summed E-state index contributed by atoms with van der Waals surface area (Å²) in [7, 11) is 0. The topological polar surface area (TPSA) is 44.0 Å². The molecule has 114 valence electrons. The van der Waals surface area contributed by atoms with Gasteiger partial charge in [-0.25, -0.2) is 0 Å². The Morgan fingerprint density at radius 1 is 0.957 bits per heavy atom. The summed E-state index contributed by atoms with van der Waals surface area (Å²) < 4.78 is 2.14. The van der Waals surface area contributed by atoms with Crippen molar-refractivity contribution in [3.63, 3.8) is 0 Å². The molecule has 0 aliphatic carbocycles. The van der Waals surface area contributed by atoms with E-state index in [-0.39, 0.29) is 0 Å². The average molecular weight is 303 g/mol. The number of hydrogen-bond acceptors (Lipinski definition) is 2. The molecule has 0 bridgehead atoms. The van der Waals surface area contributed by atoms with Crippen molar-refractivity contribution in [2.24, 2.45) is 0 Å². The van der Waals surface area contributed by atoms with Gasteiger partial charge in [0.1, 0.15) is 0 Å². The summed E-state index contributed by atoms with van der Waals surface area (Å²) in [5, 5.41) is 10.4. The van der Waals surface area contributed by atoms with E-state index >= 15 is 0 Å². The van der Waals surface area contributed by atoms with Crippen molar-refractivity contribution in [3.05, 3.63) is 91.1 Å². The van der Waals surface area contributed by atoms with Gasteiger partial charge in [-0.2, -0.15) is 4.57 Å². The monoisotopic (exact) mass is 303 g/mol. The SMILES string of the molecule is C(=C\[n+]1cccc2ccccc21)/c1ccccc1.C=CC(=O)[O-]. The number of aliphatic carboxylic acids is 1. The van der Waals surface area contributed by atoms with Gasteiger partial charge < -0.3 is 9.90 Å². The van der Waals surface area contributed by atoms with Crippen molar-refractivity contribution in [1.29, 1.82) is 0 Å². The van der Waals surface area contributed by atoms with E-state index in [0.29, 0.717) is 0 Å². The summed E-state index contributed by atoms with van der Waals surface area (Å²) in [6, 6.07) is 22.9. The average Bonchev–Trinajstić information content (AvgIpc) is 2.61. The van der Waals surface area contributed by atoms with E-state index in [1.165, 1.54) is 16.5 Å². The van der Waals surface area contributed by atoms with Crippen molar-refractivity contribution in [3.8, 4) is 0 Å². The molecule has 0 unspecified atom stereocenters. The lowest BCUT2D eigenvalue weighted by Crippen LogP contribution is -2.25. The molecular formula is C20H17NO2. The van der Waals surface area contributed by atoms with E-state index in [0.717, 1.165) is 6.08 Å². The number of benzene rings is 2. The number of aromatic nitrogens is 1. The first-order valence-corrected chi connectivity index (χ1v) is 7.16. The molecule has 3 aromatic rings. The second kappa shape index (κ2) is 8.29. The van der Waals surface area contributed by atoms with E-state index in [2.05, 4.69) is 78.1 Å². The first-order valence-electron chi connectivity index (χ1n) is 7.16. The van der Waals surface area contributed by atoms with Gasteiger partial charge in [-0.15, -0.1) is 0 Å². The molecular weight excluding hydrogens is 286 g/mol. The second-order valence-corrected chi connectivity index (χ2v) is 4.72. The lowest BCUT2D eigenvalue weighted by Gasteiger charge is -1.95. The maximum atomic E-state index is 9.14. The molecule has 2 aromatic carbocycles. The summed E-state index contributed by atoms with van der Waals surface area (Å²) in [6.07, 6.45) is 7.01. The van der Waals surface area contributed by atoms with Gasteiger partial charge in [-0.05, 0) is 23.8 Å². The molecule has 0 saturated heterocycles. The van der Waals surface area contributed by atoms with Crippen LogP contribution in [0.3, 0.4) is 0 Å². The quantitative estimate of drug-likeness (QED) is 0.551. The highest BCUT2D eigenvalue weighted by molar-refractivity contribution is 5.76. The van der Waals surface area contributed by atoms with Gasteiger partial charge in [0, 0.05) is 23.6 Å². The molecule has 3 heteroatoms. The number of carboxylic acids is 1. The van der Waals surface area contributed by atoms with Crippen molar-refractivity contribution in [1.82, 2.24) is 0 Å². The standard InChI is InChI=1S/C17H14N.C3H4O2/c1-2-7-15(8-3-1)12-14-18-13-6-10-16-9-4-5-11-17(16)18;1-2-3(4)5/h1-14H;2H,1H2,(H,4,5)/q+1;/p-1/b14-12+;. The second-order valence-electron chi connectivity index (χ2n) is 4.72. The van der Waals surface area contributed by atoms with Crippen molar-refractivity contribution < 1.29 is 14.5 Å². The Hall–Kier alpha value is -3.20. The minimum Gasteiger partial charge on any atom is -0.545 e. The molecule has 1 aromatic heterocycles. The first-order chi connectivity index (χ1) is 11.2. The summed E-state index contributed by atoms with van der Waals surface area (Å²) in [6.45, 7) is 2.90. The Morgan fingerprint density at radius 2 is 1.57 bits per heavy atom. The van der Waals surface area contributed by atoms with Gasteiger partial charge in [-0.3, -0.25) is 0 Å². The largest absolute Gasteiger partial charge is 0.545 e. The normalized spacial score (nSPS) is 10.1. The molecule has 0 aliphatic rings. The fourth-order valence-electron chi connectivity index (χ4n) is 2.04. The van der Waals surface area contributed by atoms with E-state index < -0.39 is 5.97 Å². The van der Waals surface area contributed by atoms with Crippen LogP contribution in [0.5, 0.6) is 0 Å². The van der Waals surface area contributed by atoms with Gasteiger partial charge >= 0.3 is 0 Å². The minimum atomic E-state index is -1.23. The maximum Gasteiger partial charge on any atom is 0.217 e. The molecule has 0 N–H and O–H groups in total. The van der Waals surface area contributed by atoms with Crippen LogP contribution in [0.25, 0.3) is 23.2 Å². The molecule has 0 amide bonds. The molecule has 0 spiro atoms. The number of nitrogens with zero attached hydrogens (tertiary/aromatic N) is 1. The van der Waals surface area contributed by atoms with Crippen LogP contribution in [0, 0.1) is 0 Å². The number of hydrogen-bond donors (Lipinski definition) is 0. The predicted molar refractivity (Wildman–Crippen MR) is 91.0 cm³/mol. The Labute approximate surface area is 135 Å². The Bertz CT molecular complexity index is 818. The van der Waals surface area contributed by atoms with Gasteiger partial charge in [0.2, 0.25) is 5.52 Å². The number of carboxylic acid groups (broad SMARTS) is 1. The smallest absolute Gasteiger partial charge is 0.217 e. The zero-order valence-corrected chi connectivity index (χ0v) is 12.6. The zero-order chi connectivity index (χ0) is 16.5. The van der Waals surface area contributed by atoms with Crippen molar-refractivity contribution in [2.45, 2.75) is 0 Å². The van der Waals surface area contributed by atoms with Crippen LogP contribution >= 0.6 is 0 Å². The molecule has 0 saturated carbocycles. The fraction of sp³-hybridized carbons (Fsp3) is 0. The van der Waals surface area contributed by atoms with Crippen LogP contribution < -0.4 is 9.67 Å². The predicted octanol–water partition coefficient (Wildman–Crippen LogP) is 2.68. The molecule has 3 rings (SSSR count). The van der Waals surface area contributed by atoms with Crippen LogP contribution in [-0.4, -0.2) is 5.97 Å². The number of fused-ring (bicyclic) bond motifs is 1. The highest BCUT2D eigenvalue weighted by Crippen LogP contribution is 2.08. The molecule has 1 heterocycles. The molecule has 0 atom stereocenters. The van der Waals surface area contributed by atoms with E-state index in [1.54, 1.807) is 0 Å². The van der Waals surface area contributed by atoms with Gasteiger partial charge in [-0.1, -0.05) is 49.0 Å². The Kier molecular flexibility index (Phi) is 5.83. The van der Waals surface area contributed by atoms with Crippen LogP contribution in [-0.2, 0) is 4.79 Å². The van der Waals surface area contributed by atoms with E-state index in [1.807, 2.05) is 18.2 Å². The Morgan fingerprint density at radius 3 is 2.26 bits per heavy atom. The first kappa shape index (κ1) is 16.2. The lowest BCUT2D eigenvalue weighted by atomic mass is 10.2. The lowest BCUT2D eigenvalue weighted by molar-refractivity contribution is -0.538. The molecule has 3 nitrogen and oxygen atoms in total. The number of carbonyl (C=O) groups excluding carboxylic acids is 1. The number of para-hydroxylation sites is 1.